The number of methoxy groups -OCH3 is 2. The maximum absolute atomic E-state index is 13.4. The molecule has 2 aromatic rings. The zero-order valence-corrected chi connectivity index (χ0v) is 22.8. The summed E-state index contributed by atoms with van der Waals surface area (Å²) in [6.45, 7) is 4.49. The Balaban J connectivity index is 1.26. The number of fused-ring (bicyclic) bond motifs is 6. The third kappa shape index (κ3) is 4.22. The molecule has 0 unspecified atom stereocenters. The van der Waals surface area contributed by atoms with Crippen LogP contribution in [0.1, 0.15) is 83.9 Å². The first-order valence-corrected chi connectivity index (χ1v) is 13.5. The average molecular weight is 532 g/mol. The Morgan fingerprint density at radius 2 is 1.59 bits per heavy atom. The molecule has 6 rings (SSSR count). The number of imide groups is 1. The standard InChI is InChI=1S/C31H33NO7/c1-30(2)16-22(33)26-25(17-30)38-31(15-18-13-23(36-3)24(37-4)14-21(18)27(26)39-31)11-7-8-12-32-28(34)19-9-5-6-10-20(19)29(32)35/h5-6,9-10,13-14,27H,7-8,11-12,15-17H2,1-4H3/t27-,31+/m0/s1. The Hall–Kier alpha value is -3.65. The summed E-state index contributed by atoms with van der Waals surface area (Å²) in [5.74, 6) is 0.522. The molecule has 39 heavy (non-hydrogen) atoms. The molecule has 2 bridgehead atoms. The molecule has 0 fully saturated rings. The molecule has 3 heterocycles. The minimum Gasteiger partial charge on any atom is -0.493 e. The van der Waals surface area contributed by atoms with Gasteiger partial charge >= 0.3 is 0 Å². The molecule has 2 aromatic carbocycles. The van der Waals surface area contributed by atoms with Crippen molar-refractivity contribution in [2.45, 2.75) is 64.3 Å². The number of ketones is 1. The normalized spacial score (nSPS) is 24.7. The number of unbranched alkanes of at least 4 members (excludes halogenated alkanes) is 1. The first-order chi connectivity index (χ1) is 18.6. The lowest BCUT2D eigenvalue weighted by Gasteiger charge is -2.50. The van der Waals surface area contributed by atoms with E-state index in [0.29, 0.717) is 79.0 Å². The highest BCUT2D eigenvalue weighted by atomic mass is 16.7. The van der Waals surface area contributed by atoms with Crippen molar-refractivity contribution in [3.8, 4) is 11.5 Å². The van der Waals surface area contributed by atoms with E-state index >= 15 is 0 Å². The SMILES string of the molecule is COc1cc2c(cc1OC)[C@@H]1O[C@](CCCCN3C(=O)c4ccccc4C3=O)(C2)OC2=C1C(=O)CC(C)(C)C2. The van der Waals surface area contributed by atoms with Gasteiger partial charge in [0.15, 0.2) is 17.3 Å². The highest BCUT2D eigenvalue weighted by Gasteiger charge is 2.52. The van der Waals surface area contributed by atoms with Gasteiger partial charge in [-0.3, -0.25) is 19.3 Å². The predicted octanol–water partition coefficient (Wildman–Crippen LogP) is 5.15. The molecule has 8 heteroatoms. The fourth-order valence-corrected chi connectivity index (χ4v) is 6.41. The molecule has 2 amide bonds. The number of hydrogen-bond donors (Lipinski definition) is 0. The Kier molecular flexibility index (Phi) is 6.06. The number of nitrogens with zero attached hydrogens (tertiary/aromatic N) is 1. The summed E-state index contributed by atoms with van der Waals surface area (Å²) in [7, 11) is 3.19. The van der Waals surface area contributed by atoms with Crippen LogP contribution in [0.5, 0.6) is 11.5 Å². The fourth-order valence-electron chi connectivity index (χ4n) is 6.41. The van der Waals surface area contributed by atoms with Crippen molar-refractivity contribution in [2.24, 2.45) is 5.41 Å². The van der Waals surface area contributed by atoms with E-state index in [0.717, 1.165) is 11.1 Å². The number of hydrogen-bond acceptors (Lipinski definition) is 7. The van der Waals surface area contributed by atoms with Crippen LogP contribution in [-0.4, -0.2) is 49.0 Å². The van der Waals surface area contributed by atoms with Crippen LogP contribution in [0, 0.1) is 5.41 Å². The van der Waals surface area contributed by atoms with E-state index in [1.54, 1.807) is 38.5 Å². The number of amides is 2. The van der Waals surface area contributed by atoms with Gasteiger partial charge in [0.25, 0.3) is 11.8 Å². The van der Waals surface area contributed by atoms with Crippen LogP contribution in [-0.2, 0) is 20.7 Å². The van der Waals surface area contributed by atoms with Crippen molar-refractivity contribution in [3.05, 3.63) is 70.0 Å². The minimum atomic E-state index is -0.953. The monoisotopic (exact) mass is 531 g/mol. The largest absolute Gasteiger partial charge is 0.493 e. The van der Waals surface area contributed by atoms with Crippen molar-refractivity contribution >= 4 is 17.6 Å². The first kappa shape index (κ1) is 25.6. The summed E-state index contributed by atoms with van der Waals surface area (Å²) in [5, 5.41) is 0. The van der Waals surface area contributed by atoms with Crippen molar-refractivity contribution in [2.75, 3.05) is 20.8 Å². The second-order valence-electron chi connectivity index (χ2n) is 11.6. The molecule has 1 aliphatic carbocycles. The summed E-state index contributed by atoms with van der Waals surface area (Å²) >= 11 is 0. The van der Waals surface area contributed by atoms with E-state index in [1.807, 2.05) is 12.1 Å². The molecule has 0 N–H and O–H groups in total. The fraction of sp³-hybridized carbons (Fsp3) is 0.452. The molecule has 0 radical (unpaired) electrons. The van der Waals surface area contributed by atoms with Crippen molar-refractivity contribution in [1.29, 1.82) is 0 Å². The van der Waals surface area contributed by atoms with Crippen molar-refractivity contribution in [3.63, 3.8) is 0 Å². The molecule has 0 spiro atoms. The quantitative estimate of drug-likeness (QED) is 0.360. The summed E-state index contributed by atoms with van der Waals surface area (Å²) in [6.07, 6.45) is 2.86. The van der Waals surface area contributed by atoms with Gasteiger partial charge in [-0.25, -0.2) is 0 Å². The van der Waals surface area contributed by atoms with Gasteiger partial charge in [-0.05, 0) is 53.6 Å². The lowest BCUT2D eigenvalue weighted by molar-refractivity contribution is -0.266. The highest BCUT2D eigenvalue weighted by molar-refractivity contribution is 6.21. The molecule has 3 aliphatic heterocycles. The molecule has 4 aliphatic rings. The van der Waals surface area contributed by atoms with Gasteiger partial charge in [0.2, 0.25) is 5.79 Å². The smallest absolute Gasteiger partial charge is 0.261 e. The van der Waals surface area contributed by atoms with E-state index in [2.05, 4.69) is 13.8 Å². The van der Waals surface area contributed by atoms with E-state index in [4.69, 9.17) is 18.9 Å². The van der Waals surface area contributed by atoms with Crippen LogP contribution in [0.3, 0.4) is 0 Å². The van der Waals surface area contributed by atoms with Crippen LogP contribution in [0.4, 0.5) is 0 Å². The van der Waals surface area contributed by atoms with Crippen LogP contribution < -0.4 is 9.47 Å². The molecule has 8 nitrogen and oxygen atoms in total. The van der Waals surface area contributed by atoms with Crippen LogP contribution >= 0.6 is 0 Å². The number of allylic oxidation sites excluding steroid dienone is 1. The van der Waals surface area contributed by atoms with Gasteiger partial charge < -0.3 is 18.9 Å². The number of ether oxygens (including phenoxy) is 4. The topological polar surface area (TPSA) is 91.4 Å². The lowest BCUT2D eigenvalue weighted by atomic mass is 9.72. The van der Waals surface area contributed by atoms with Crippen LogP contribution in [0.25, 0.3) is 0 Å². The predicted molar refractivity (Wildman–Crippen MR) is 142 cm³/mol. The number of carbonyl (C=O) groups excluding carboxylic acids is 3. The molecule has 2 atom stereocenters. The van der Waals surface area contributed by atoms with Gasteiger partial charge in [-0.2, -0.15) is 0 Å². The molecule has 0 saturated carbocycles. The third-order valence-corrected chi connectivity index (χ3v) is 8.24. The lowest BCUT2D eigenvalue weighted by Crippen LogP contribution is -2.49. The second kappa shape index (κ2) is 9.23. The third-order valence-electron chi connectivity index (χ3n) is 8.24. The Bertz CT molecular complexity index is 1390. The van der Waals surface area contributed by atoms with Crippen molar-refractivity contribution in [1.82, 2.24) is 4.90 Å². The van der Waals surface area contributed by atoms with Crippen LogP contribution in [0.2, 0.25) is 0 Å². The molecular formula is C31H33NO7. The van der Waals surface area contributed by atoms with Gasteiger partial charge in [-0.15, -0.1) is 0 Å². The van der Waals surface area contributed by atoms with Crippen molar-refractivity contribution < 1.29 is 33.3 Å². The van der Waals surface area contributed by atoms with E-state index in [9.17, 15) is 14.4 Å². The zero-order chi connectivity index (χ0) is 27.5. The van der Waals surface area contributed by atoms with E-state index < -0.39 is 11.9 Å². The number of Topliss-reactive ketones (excluding diaryl/α,β-unsaturated/α-hetero) is 1. The number of carbonyl (C=O) groups is 3. The molecule has 0 saturated heterocycles. The van der Waals surface area contributed by atoms with Gasteiger partial charge in [0.05, 0.1) is 30.9 Å². The summed E-state index contributed by atoms with van der Waals surface area (Å²) in [4.78, 5) is 40.2. The number of benzene rings is 2. The summed E-state index contributed by atoms with van der Waals surface area (Å²) in [6, 6.07) is 10.8. The summed E-state index contributed by atoms with van der Waals surface area (Å²) < 4.78 is 24.4. The zero-order valence-electron chi connectivity index (χ0n) is 22.8. The van der Waals surface area contributed by atoms with E-state index in [1.165, 1.54) is 4.90 Å². The average Bonchev–Trinajstić information content (AvgIpc) is 3.14. The Labute approximate surface area is 227 Å². The summed E-state index contributed by atoms with van der Waals surface area (Å²) in [5.41, 5.74) is 3.21. The maximum Gasteiger partial charge on any atom is 0.261 e. The highest BCUT2D eigenvalue weighted by Crippen LogP contribution is 2.54. The van der Waals surface area contributed by atoms with Gasteiger partial charge in [-0.1, -0.05) is 26.0 Å². The van der Waals surface area contributed by atoms with E-state index in [-0.39, 0.29) is 23.0 Å². The molecule has 0 aromatic heterocycles. The minimum absolute atomic E-state index is 0.0492. The van der Waals surface area contributed by atoms with Crippen LogP contribution in [0.15, 0.2) is 47.7 Å². The maximum atomic E-state index is 13.4. The van der Waals surface area contributed by atoms with Gasteiger partial charge in [0.1, 0.15) is 11.9 Å². The molecular weight excluding hydrogens is 498 g/mol. The molecule has 204 valence electrons. The second-order valence-corrected chi connectivity index (χ2v) is 11.6. The first-order valence-electron chi connectivity index (χ1n) is 13.5. The number of rotatable bonds is 7. The Morgan fingerprint density at radius 1 is 0.923 bits per heavy atom. The van der Waals surface area contributed by atoms with Gasteiger partial charge in [0, 0.05) is 32.2 Å². The Morgan fingerprint density at radius 3 is 2.26 bits per heavy atom.